The van der Waals surface area contributed by atoms with Crippen LogP contribution in [0.4, 0.5) is 5.82 Å². The molecule has 0 saturated carbocycles. The average Bonchev–Trinajstić information content (AvgIpc) is 2.53. The number of imidazole rings is 1. The van der Waals surface area contributed by atoms with Crippen molar-refractivity contribution in [2.45, 2.75) is 0 Å². The zero-order valence-electron chi connectivity index (χ0n) is 6.39. The van der Waals surface area contributed by atoms with Crippen molar-refractivity contribution in [3.8, 4) is 0 Å². The first kappa shape index (κ1) is 6.84. The molecular weight excluding hydrogens is 156 g/mol. The topological polar surface area (TPSA) is 79.2 Å². The van der Waals surface area contributed by atoms with E-state index in [1.165, 1.54) is 6.33 Å². The third kappa shape index (κ3) is 0.931. The Hall–Kier alpha value is -1.85. The molecule has 0 unspecified atom stereocenters. The van der Waals surface area contributed by atoms with Crippen molar-refractivity contribution >= 4 is 17.0 Å². The highest BCUT2D eigenvalue weighted by atomic mass is 15.2. The fourth-order valence-corrected chi connectivity index (χ4v) is 0.923. The van der Waals surface area contributed by atoms with Crippen molar-refractivity contribution in [1.82, 2.24) is 19.9 Å². The Bertz CT molecular complexity index is 417. The molecule has 1 N–H and O–H groups in total. The van der Waals surface area contributed by atoms with E-state index >= 15 is 0 Å². The van der Waals surface area contributed by atoms with Crippen molar-refractivity contribution in [3.63, 3.8) is 0 Å². The molecule has 2 rings (SSSR count). The Morgan fingerprint density at radius 1 is 1.33 bits per heavy atom. The van der Waals surface area contributed by atoms with E-state index in [1.54, 1.807) is 13.4 Å². The second kappa shape index (κ2) is 2.65. The summed E-state index contributed by atoms with van der Waals surface area (Å²) < 4.78 is 0. The van der Waals surface area contributed by atoms with Crippen LogP contribution in [0.15, 0.2) is 22.9 Å². The minimum Gasteiger partial charge on any atom is -0.340 e. The molecule has 12 heavy (non-hydrogen) atoms. The summed E-state index contributed by atoms with van der Waals surface area (Å²) in [5.74, 6) is 0.514. The van der Waals surface area contributed by atoms with Crippen LogP contribution in [-0.2, 0) is 0 Å². The van der Waals surface area contributed by atoms with Crippen LogP contribution in [0.3, 0.4) is 0 Å². The van der Waals surface area contributed by atoms with Gasteiger partial charge in [0.2, 0.25) is 5.82 Å². The quantitative estimate of drug-likeness (QED) is 0.637. The Balaban J connectivity index is 2.73. The van der Waals surface area contributed by atoms with Gasteiger partial charge >= 0.3 is 0 Å². The zero-order valence-corrected chi connectivity index (χ0v) is 6.39. The molecule has 2 heterocycles. The number of fused-ring (bicyclic) bond motifs is 1. The predicted octanol–water partition coefficient (Wildman–Crippen LogP) is 1.07. The third-order valence-corrected chi connectivity index (χ3v) is 1.40. The van der Waals surface area contributed by atoms with Gasteiger partial charge in [-0.15, -0.1) is 5.11 Å². The van der Waals surface area contributed by atoms with Gasteiger partial charge in [-0.25, -0.2) is 15.0 Å². The molecule has 0 spiro atoms. The lowest BCUT2D eigenvalue weighted by Crippen LogP contribution is -1.80. The number of aromatic nitrogens is 4. The Labute approximate surface area is 67.8 Å². The molecule has 0 bridgehead atoms. The summed E-state index contributed by atoms with van der Waals surface area (Å²) in [5.41, 5.74) is 1.32. The maximum Gasteiger partial charge on any atom is 0.203 e. The first-order valence-electron chi connectivity index (χ1n) is 3.35. The fourth-order valence-electron chi connectivity index (χ4n) is 0.923. The van der Waals surface area contributed by atoms with Crippen LogP contribution in [0.25, 0.3) is 11.2 Å². The Morgan fingerprint density at radius 3 is 3.08 bits per heavy atom. The molecule has 60 valence electrons. The van der Waals surface area contributed by atoms with Crippen LogP contribution in [-0.4, -0.2) is 27.0 Å². The molecule has 0 amide bonds. The van der Waals surface area contributed by atoms with Gasteiger partial charge in [0.05, 0.1) is 6.33 Å². The van der Waals surface area contributed by atoms with Crippen LogP contribution in [0.2, 0.25) is 0 Å². The Kier molecular flexibility index (Phi) is 1.51. The minimum absolute atomic E-state index is 0.514. The van der Waals surface area contributed by atoms with E-state index in [0.29, 0.717) is 17.0 Å². The van der Waals surface area contributed by atoms with Gasteiger partial charge in [-0.2, -0.15) is 5.11 Å². The van der Waals surface area contributed by atoms with Gasteiger partial charge in [-0.05, 0) is 0 Å². The summed E-state index contributed by atoms with van der Waals surface area (Å²) in [7, 11) is 1.59. The van der Waals surface area contributed by atoms with Gasteiger partial charge in [0.1, 0.15) is 11.8 Å². The molecule has 0 aromatic carbocycles. The number of H-pyrrole nitrogens is 1. The number of rotatable bonds is 1. The first-order valence-corrected chi connectivity index (χ1v) is 3.35. The van der Waals surface area contributed by atoms with Gasteiger partial charge in [0.25, 0.3) is 0 Å². The molecule has 6 heteroatoms. The predicted molar refractivity (Wildman–Crippen MR) is 42.1 cm³/mol. The lowest BCUT2D eigenvalue weighted by molar-refractivity contribution is 1.09. The van der Waals surface area contributed by atoms with Crippen LogP contribution >= 0.6 is 0 Å². The van der Waals surface area contributed by atoms with E-state index in [1.807, 2.05) is 0 Å². The van der Waals surface area contributed by atoms with E-state index in [9.17, 15) is 0 Å². The van der Waals surface area contributed by atoms with E-state index in [0.717, 1.165) is 0 Å². The van der Waals surface area contributed by atoms with Gasteiger partial charge in [-0.1, -0.05) is 0 Å². The monoisotopic (exact) mass is 162 g/mol. The van der Waals surface area contributed by atoms with Crippen LogP contribution in [0.5, 0.6) is 0 Å². The van der Waals surface area contributed by atoms with Crippen LogP contribution < -0.4 is 0 Å². The summed E-state index contributed by atoms with van der Waals surface area (Å²) in [6, 6.07) is 0. The van der Waals surface area contributed by atoms with Crippen LogP contribution in [0.1, 0.15) is 0 Å². The second-order valence-corrected chi connectivity index (χ2v) is 2.10. The first-order chi connectivity index (χ1) is 5.92. The SMILES string of the molecule is CN=Nc1ncnc2nc[nH]c12. The lowest BCUT2D eigenvalue weighted by atomic mass is 10.5. The molecule has 0 aliphatic carbocycles. The second-order valence-electron chi connectivity index (χ2n) is 2.10. The molecule has 0 aliphatic rings. The zero-order chi connectivity index (χ0) is 8.39. The Morgan fingerprint density at radius 2 is 2.25 bits per heavy atom. The molecule has 0 aliphatic heterocycles. The summed E-state index contributed by atoms with van der Waals surface area (Å²) in [6.07, 6.45) is 2.96. The highest BCUT2D eigenvalue weighted by Gasteiger charge is 2.02. The van der Waals surface area contributed by atoms with Crippen molar-refractivity contribution in [2.75, 3.05) is 7.05 Å². The molecule has 2 aromatic rings. The summed E-state index contributed by atoms with van der Waals surface area (Å²) >= 11 is 0. The van der Waals surface area contributed by atoms with E-state index in [4.69, 9.17) is 0 Å². The molecular formula is C6H6N6. The molecule has 0 saturated heterocycles. The van der Waals surface area contributed by atoms with Gasteiger partial charge in [-0.3, -0.25) is 0 Å². The maximum atomic E-state index is 3.95. The highest BCUT2D eigenvalue weighted by Crippen LogP contribution is 2.17. The molecule has 6 nitrogen and oxygen atoms in total. The number of hydrogen-bond acceptors (Lipinski definition) is 5. The number of aromatic amines is 1. The number of hydrogen-bond donors (Lipinski definition) is 1. The van der Waals surface area contributed by atoms with E-state index in [-0.39, 0.29) is 0 Å². The fraction of sp³-hybridized carbons (Fsp3) is 0.167. The van der Waals surface area contributed by atoms with Crippen molar-refractivity contribution in [1.29, 1.82) is 0 Å². The highest BCUT2D eigenvalue weighted by molar-refractivity contribution is 5.79. The average molecular weight is 162 g/mol. The molecule has 2 aromatic heterocycles. The normalized spacial score (nSPS) is 11.4. The number of nitrogens with zero attached hydrogens (tertiary/aromatic N) is 5. The lowest BCUT2D eigenvalue weighted by Gasteiger charge is -1.89. The summed E-state index contributed by atoms with van der Waals surface area (Å²) in [6.45, 7) is 0. The standard InChI is InChI=1S/C6H6N6/c1-7-12-6-4-5(9-2-8-4)10-3-11-6/h2-3H,1H3,(H,8,9,10,11). The van der Waals surface area contributed by atoms with Gasteiger partial charge in [0.15, 0.2) is 5.65 Å². The van der Waals surface area contributed by atoms with Gasteiger partial charge in [0, 0.05) is 7.05 Å². The third-order valence-electron chi connectivity index (χ3n) is 1.40. The van der Waals surface area contributed by atoms with Crippen molar-refractivity contribution in [2.24, 2.45) is 10.2 Å². The van der Waals surface area contributed by atoms with Crippen molar-refractivity contribution < 1.29 is 0 Å². The smallest absolute Gasteiger partial charge is 0.203 e. The number of nitrogens with one attached hydrogen (secondary N) is 1. The van der Waals surface area contributed by atoms with Crippen LogP contribution in [0, 0.1) is 0 Å². The summed E-state index contributed by atoms with van der Waals surface area (Å²) in [4.78, 5) is 14.7. The van der Waals surface area contributed by atoms with Gasteiger partial charge < -0.3 is 4.98 Å². The molecule has 0 fully saturated rings. The summed E-state index contributed by atoms with van der Waals surface area (Å²) in [5, 5.41) is 7.43. The van der Waals surface area contributed by atoms with Crippen molar-refractivity contribution in [3.05, 3.63) is 12.7 Å². The molecule has 0 radical (unpaired) electrons. The minimum atomic E-state index is 0.514. The largest absolute Gasteiger partial charge is 0.340 e. The number of azo groups is 1. The van der Waals surface area contributed by atoms with E-state index in [2.05, 4.69) is 30.2 Å². The maximum absolute atomic E-state index is 3.95. The molecule has 0 atom stereocenters. The van der Waals surface area contributed by atoms with E-state index < -0.39 is 0 Å².